The van der Waals surface area contributed by atoms with E-state index >= 15 is 0 Å². The number of aromatic nitrogens is 1. The first-order valence-corrected chi connectivity index (χ1v) is 5.13. The Morgan fingerprint density at radius 3 is 2.53 bits per heavy atom. The molecule has 0 aliphatic rings. The Labute approximate surface area is 106 Å². The van der Waals surface area contributed by atoms with Gasteiger partial charge in [-0.2, -0.15) is 13.8 Å². The van der Waals surface area contributed by atoms with Gasteiger partial charge in [-0.05, 0) is 24.3 Å². The van der Waals surface area contributed by atoms with Crippen LogP contribution in [-0.4, -0.2) is 21.1 Å². The normalized spacial score (nSPS) is 10.2. The standard InChI is InChI=1S/C12H8F2N2O3/c13-10-4-3-8(11(14)16-10)15-12(19)7-2-1-6(17)5-9(7)18/h1-5,17-18H,(H,15,19). The number of anilines is 1. The fraction of sp³-hybridized carbons (Fsp3) is 0. The fourth-order valence-electron chi connectivity index (χ4n) is 1.41. The number of rotatable bonds is 2. The van der Waals surface area contributed by atoms with E-state index in [1.54, 1.807) is 0 Å². The minimum Gasteiger partial charge on any atom is -0.508 e. The predicted molar refractivity (Wildman–Crippen MR) is 61.9 cm³/mol. The van der Waals surface area contributed by atoms with Crippen LogP contribution < -0.4 is 5.32 Å². The van der Waals surface area contributed by atoms with E-state index in [-0.39, 0.29) is 17.0 Å². The second-order valence-corrected chi connectivity index (χ2v) is 3.63. The summed E-state index contributed by atoms with van der Waals surface area (Å²) >= 11 is 0. The smallest absolute Gasteiger partial charge is 0.259 e. The number of carbonyl (C=O) groups is 1. The lowest BCUT2D eigenvalue weighted by Crippen LogP contribution is -2.13. The van der Waals surface area contributed by atoms with Crippen LogP contribution in [0, 0.1) is 11.9 Å². The van der Waals surface area contributed by atoms with Crippen molar-refractivity contribution in [2.24, 2.45) is 0 Å². The van der Waals surface area contributed by atoms with Crippen molar-refractivity contribution in [3.63, 3.8) is 0 Å². The van der Waals surface area contributed by atoms with Crippen molar-refractivity contribution in [1.82, 2.24) is 4.98 Å². The van der Waals surface area contributed by atoms with Crippen molar-refractivity contribution < 1.29 is 23.8 Å². The lowest BCUT2D eigenvalue weighted by Gasteiger charge is -2.07. The van der Waals surface area contributed by atoms with Crippen molar-refractivity contribution in [3.8, 4) is 11.5 Å². The molecule has 0 aliphatic heterocycles. The first kappa shape index (κ1) is 12.7. The number of pyridine rings is 1. The Morgan fingerprint density at radius 1 is 1.16 bits per heavy atom. The van der Waals surface area contributed by atoms with E-state index < -0.39 is 23.6 Å². The van der Waals surface area contributed by atoms with Crippen LogP contribution in [0.4, 0.5) is 14.5 Å². The zero-order valence-corrected chi connectivity index (χ0v) is 9.39. The number of nitrogens with zero attached hydrogens (tertiary/aromatic N) is 1. The van der Waals surface area contributed by atoms with Crippen LogP contribution in [0.1, 0.15) is 10.4 Å². The van der Waals surface area contributed by atoms with Crippen molar-refractivity contribution in [2.75, 3.05) is 5.32 Å². The summed E-state index contributed by atoms with van der Waals surface area (Å²) in [6.45, 7) is 0. The summed E-state index contributed by atoms with van der Waals surface area (Å²) in [5.74, 6) is -3.68. The molecule has 3 N–H and O–H groups in total. The van der Waals surface area contributed by atoms with Crippen molar-refractivity contribution in [2.45, 2.75) is 0 Å². The molecule has 0 saturated carbocycles. The summed E-state index contributed by atoms with van der Waals surface area (Å²) in [5, 5.41) is 20.7. The van der Waals surface area contributed by atoms with Gasteiger partial charge in [0.2, 0.25) is 11.9 Å². The molecule has 1 aromatic heterocycles. The quantitative estimate of drug-likeness (QED) is 0.726. The Kier molecular flexibility index (Phi) is 3.28. The summed E-state index contributed by atoms with van der Waals surface area (Å²) in [6, 6.07) is 5.21. The lowest BCUT2D eigenvalue weighted by atomic mass is 10.1. The molecule has 0 atom stereocenters. The molecule has 1 aromatic carbocycles. The highest BCUT2D eigenvalue weighted by molar-refractivity contribution is 6.06. The van der Waals surface area contributed by atoms with Crippen molar-refractivity contribution in [3.05, 3.63) is 47.8 Å². The van der Waals surface area contributed by atoms with Gasteiger partial charge in [-0.25, -0.2) is 0 Å². The van der Waals surface area contributed by atoms with E-state index in [2.05, 4.69) is 10.3 Å². The van der Waals surface area contributed by atoms with Gasteiger partial charge in [0.1, 0.15) is 11.5 Å². The molecular weight excluding hydrogens is 258 g/mol. The van der Waals surface area contributed by atoms with Crippen molar-refractivity contribution >= 4 is 11.6 Å². The molecule has 1 amide bonds. The monoisotopic (exact) mass is 266 g/mol. The maximum atomic E-state index is 13.2. The van der Waals surface area contributed by atoms with E-state index in [1.807, 2.05) is 0 Å². The highest BCUT2D eigenvalue weighted by Crippen LogP contribution is 2.23. The molecule has 0 fully saturated rings. The molecule has 0 aliphatic carbocycles. The number of phenols is 2. The van der Waals surface area contributed by atoms with Gasteiger partial charge in [-0.3, -0.25) is 4.79 Å². The molecule has 0 unspecified atom stereocenters. The SMILES string of the molecule is O=C(Nc1ccc(F)nc1F)c1ccc(O)cc1O. The number of hydrogen-bond donors (Lipinski definition) is 3. The van der Waals surface area contributed by atoms with Crippen LogP contribution in [-0.2, 0) is 0 Å². The van der Waals surface area contributed by atoms with Crippen molar-refractivity contribution in [1.29, 1.82) is 0 Å². The molecule has 7 heteroatoms. The van der Waals surface area contributed by atoms with Crippen LogP contribution in [0.15, 0.2) is 30.3 Å². The Morgan fingerprint density at radius 2 is 1.89 bits per heavy atom. The molecule has 1 heterocycles. The van der Waals surface area contributed by atoms with Gasteiger partial charge in [-0.1, -0.05) is 0 Å². The number of phenolic OH excluding ortho intramolecular Hbond substituents is 2. The van der Waals surface area contributed by atoms with Crippen LogP contribution >= 0.6 is 0 Å². The average Bonchev–Trinajstić information content (AvgIpc) is 2.32. The largest absolute Gasteiger partial charge is 0.508 e. The van der Waals surface area contributed by atoms with Crippen LogP contribution in [0.5, 0.6) is 11.5 Å². The minimum atomic E-state index is -1.17. The Balaban J connectivity index is 2.25. The number of benzene rings is 1. The van der Waals surface area contributed by atoms with E-state index in [4.69, 9.17) is 5.11 Å². The summed E-state index contributed by atoms with van der Waals surface area (Å²) in [6.07, 6.45) is 0. The number of carbonyl (C=O) groups excluding carboxylic acids is 1. The van der Waals surface area contributed by atoms with Crippen LogP contribution in [0.3, 0.4) is 0 Å². The first-order chi connectivity index (χ1) is 8.97. The van der Waals surface area contributed by atoms with E-state index in [1.165, 1.54) is 6.07 Å². The van der Waals surface area contributed by atoms with Gasteiger partial charge >= 0.3 is 0 Å². The predicted octanol–water partition coefficient (Wildman–Crippen LogP) is 2.02. The zero-order valence-electron chi connectivity index (χ0n) is 9.39. The van der Waals surface area contributed by atoms with E-state index in [0.29, 0.717) is 0 Å². The number of aromatic hydroxyl groups is 2. The summed E-state index contributed by atoms with van der Waals surface area (Å²) < 4.78 is 25.8. The van der Waals surface area contributed by atoms with Gasteiger partial charge < -0.3 is 15.5 Å². The first-order valence-electron chi connectivity index (χ1n) is 5.13. The number of amides is 1. The third-order valence-electron chi connectivity index (χ3n) is 2.29. The van der Waals surface area contributed by atoms with Gasteiger partial charge in [0.15, 0.2) is 0 Å². The molecule has 5 nitrogen and oxygen atoms in total. The lowest BCUT2D eigenvalue weighted by molar-refractivity contribution is 0.102. The second kappa shape index (κ2) is 4.89. The zero-order chi connectivity index (χ0) is 14.0. The summed E-state index contributed by atoms with van der Waals surface area (Å²) in [7, 11) is 0. The third kappa shape index (κ3) is 2.76. The van der Waals surface area contributed by atoms with Gasteiger partial charge in [-0.15, -0.1) is 0 Å². The average molecular weight is 266 g/mol. The van der Waals surface area contributed by atoms with Crippen LogP contribution in [0.25, 0.3) is 0 Å². The molecule has 19 heavy (non-hydrogen) atoms. The minimum absolute atomic E-state index is 0.165. The number of nitrogens with one attached hydrogen (secondary N) is 1. The second-order valence-electron chi connectivity index (χ2n) is 3.63. The molecule has 98 valence electrons. The molecule has 2 aromatic rings. The van der Waals surface area contributed by atoms with Gasteiger partial charge in [0.25, 0.3) is 5.91 Å². The highest BCUT2D eigenvalue weighted by atomic mass is 19.1. The van der Waals surface area contributed by atoms with Gasteiger partial charge in [0.05, 0.1) is 11.3 Å². The Hall–Kier alpha value is -2.70. The topological polar surface area (TPSA) is 82.5 Å². The Bertz CT molecular complexity index is 647. The third-order valence-corrected chi connectivity index (χ3v) is 2.29. The van der Waals surface area contributed by atoms with E-state index in [9.17, 15) is 18.7 Å². The number of halogens is 2. The maximum absolute atomic E-state index is 13.2. The molecule has 0 radical (unpaired) electrons. The number of hydrogen-bond acceptors (Lipinski definition) is 4. The fourth-order valence-corrected chi connectivity index (χ4v) is 1.41. The molecule has 0 saturated heterocycles. The summed E-state index contributed by atoms with van der Waals surface area (Å²) in [4.78, 5) is 14.6. The van der Waals surface area contributed by atoms with Crippen LogP contribution in [0.2, 0.25) is 0 Å². The molecular formula is C12H8F2N2O3. The highest BCUT2D eigenvalue weighted by Gasteiger charge is 2.14. The molecule has 0 spiro atoms. The maximum Gasteiger partial charge on any atom is 0.259 e. The summed E-state index contributed by atoms with van der Waals surface area (Å²) in [5.41, 5.74) is -0.486. The van der Waals surface area contributed by atoms with E-state index in [0.717, 1.165) is 24.3 Å². The molecule has 2 rings (SSSR count). The molecule has 0 bridgehead atoms. The van der Waals surface area contributed by atoms with Gasteiger partial charge in [0, 0.05) is 6.07 Å².